The van der Waals surface area contributed by atoms with Crippen molar-refractivity contribution in [3.8, 4) is 28.3 Å². The highest BCUT2D eigenvalue weighted by Crippen LogP contribution is 2.37. The van der Waals surface area contributed by atoms with Crippen molar-refractivity contribution >= 4 is 17.3 Å². The molecule has 1 aliphatic heterocycles. The minimum atomic E-state index is -0.704. The SMILES string of the molecule is CCC1(C(=O)O)CCN(c2ccc(-c3cc(-c4cnn(C)c4)cn4ncc(C#N)c34)cn2)CC1. The Hall–Kier alpha value is -4.19. The highest BCUT2D eigenvalue weighted by atomic mass is 16.4. The predicted octanol–water partition coefficient (Wildman–Crippen LogP) is 3.75. The fourth-order valence-electron chi connectivity index (χ4n) is 4.77. The molecule has 1 saturated heterocycles. The molecule has 4 aromatic heterocycles. The number of nitrogens with zero attached hydrogens (tertiary/aromatic N) is 7. The number of carboxylic acids is 1. The van der Waals surface area contributed by atoms with Gasteiger partial charge in [-0.05, 0) is 37.5 Å². The van der Waals surface area contributed by atoms with Gasteiger partial charge in [-0.1, -0.05) is 6.92 Å². The van der Waals surface area contributed by atoms with Crippen molar-refractivity contribution in [1.82, 2.24) is 24.4 Å². The first-order valence-electron chi connectivity index (χ1n) is 11.3. The summed E-state index contributed by atoms with van der Waals surface area (Å²) in [4.78, 5) is 18.6. The van der Waals surface area contributed by atoms with E-state index >= 15 is 0 Å². The summed E-state index contributed by atoms with van der Waals surface area (Å²) in [7, 11) is 1.87. The summed E-state index contributed by atoms with van der Waals surface area (Å²) >= 11 is 0. The highest BCUT2D eigenvalue weighted by Gasteiger charge is 2.40. The lowest BCUT2D eigenvalue weighted by Gasteiger charge is -2.38. The molecule has 0 aromatic carbocycles. The number of pyridine rings is 2. The van der Waals surface area contributed by atoms with Crippen molar-refractivity contribution in [2.45, 2.75) is 26.2 Å². The molecule has 0 saturated carbocycles. The molecule has 0 amide bonds. The van der Waals surface area contributed by atoms with Crippen LogP contribution >= 0.6 is 0 Å². The Labute approximate surface area is 196 Å². The van der Waals surface area contributed by atoms with E-state index in [-0.39, 0.29) is 0 Å². The maximum absolute atomic E-state index is 11.8. The van der Waals surface area contributed by atoms with Gasteiger partial charge in [-0.3, -0.25) is 9.48 Å². The van der Waals surface area contributed by atoms with Crippen LogP contribution in [0.3, 0.4) is 0 Å². The number of nitriles is 1. The van der Waals surface area contributed by atoms with Crippen molar-refractivity contribution < 1.29 is 9.90 Å². The summed E-state index contributed by atoms with van der Waals surface area (Å²) in [5.41, 5.74) is 4.23. The molecular weight excluding hydrogens is 430 g/mol. The van der Waals surface area contributed by atoms with Crippen LogP contribution in [-0.4, -0.2) is 48.5 Å². The Balaban J connectivity index is 1.49. The van der Waals surface area contributed by atoms with E-state index < -0.39 is 11.4 Å². The molecule has 0 spiro atoms. The second-order valence-electron chi connectivity index (χ2n) is 8.84. The van der Waals surface area contributed by atoms with Gasteiger partial charge in [0.05, 0.1) is 28.9 Å². The van der Waals surface area contributed by atoms with Gasteiger partial charge >= 0.3 is 5.97 Å². The lowest BCUT2D eigenvalue weighted by Crippen LogP contribution is -2.44. The van der Waals surface area contributed by atoms with Gasteiger partial charge in [-0.2, -0.15) is 15.5 Å². The first-order chi connectivity index (χ1) is 16.4. The van der Waals surface area contributed by atoms with Crippen LogP contribution in [0.5, 0.6) is 0 Å². The molecule has 0 bridgehead atoms. The number of rotatable bonds is 5. The molecule has 1 aliphatic rings. The van der Waals surface area contributed by atoms with Gasteiger partial charge in [0, 0.05) is 61.0 Å². The Morgan fingerprint density at radius 2 is 1.91 bits per heavy atom. The topological polar surface area (TPSA) is 112 Å². The first kappa shape index (κ1) is 21.6. The third-order valence-electron chi connectivity index (χ3n) is 7.00. The van der Waals surface area contributed by atoms with Crippen molar-refractivity contribution in [2.24, 2.45) is 12.5 Å². The maximum Gasteiger partial charge on any atom is 0.309 e. The molecule has 0 atom stereocenters. The van der Waals surface area contributed by atoms with Crippen LogP contribution in [0.4, 0.5) is 5.82 Å². The predicted molar refractivity (Wildman–Crippen MR) is 127 cm³/mol. The second kappa shape index (κ2) is 8.30. The lowest BCUT2D eigenvalue weighted by atomic mass is 9.76. The fourth-order valence-corrected chi connectivity index (χ4v) is 4.77. The Morgan fingerprint density at radius 1 is 1.12 bits per heavy atom. The molecule has 5 rings (SSSR count). The summed E-state index contributed by atoms with van der Waals surface area (Å²) in [6.07, 6.45) is 10.9. The summed E-state index contributed by atoms with van der Waals surface area (Å²) in [6, 6.07) is 8.23. The number of carboxylic acid groups (broad SMARTS) is 1. The minimum absolute atomic E-state index is 0.498. The third-order valence-corrected chi connectivity index (χ3v) is 7.00. The van der Waals surface area contributed by atoms with E-state index in [0.29, 0.717) is 37.9 Å². The molecule has 1 fully saturated rings. The maximum atomic E-state index is 11.8. The van der Waals surface area contributed by atoms with E-state index in [0.717, 1.165) is 33.6 Å². The molecule has 1 N–H and O–H groups in total. The lowest BCUT2D eigenvalue weighted by molar-refractivity contribution is -0.150. The highest BCUT2D eigenvalue weighted by molar-refractivity contribution is 5.87. The Morgan fingerprint density at radius 3 is 2.50 bits per heavy atom. The molecule has 172 valence electrons. The van der Waals surface area contributed by atoms with Gasteiger partial charge in [0.1, 0.15) is 11.9 Å². The van der Waals surface area contributed by atoms with E-state index in [1.807, 2.05) is 50.8 Å². The molecular formula is C25H25N7O2. The largest absolute Gasteiger partial charge is 0.481 e. The molecule has 5 heterocycles. The number of aromatic nitrogens is 5. The normalized spacial score (nSPS) is 15.4. The summed E-state index contributed by atoms with van der Waals surface area (Å²) in [5, 5.41) is 27.9. The average Bonchev–Trinajstić information content (AvgIpc) is 3.49. The van der Waals surface area contributed by atoms with Crippen LogP contribution < -0.4 is 4.90 Å². The number of aliphatic carboxylic acids is 1. The van der Waals surface area contributed by atoms with Crippen molar-refractivity contribution in [3.05, 3.63) is 54.7 Å². The number of hydrogen-bond acceptors (Lipinski definition) is 6. The number of fused-ring (bicyclic) bond motifs is 1. The van der Waals surface area contributed by atoms with E-state index in [9.17, 15) is 15.2 Å². The van der Waals surface area contributed by atoms with Crippen LogP contribution in [0, 0.1) is 16.7 Å². The molecule has 0 aliphatic carbocycles. The van der Waals surface area contributed by atoms with Crippen LogP contribution in [0.1, 0.15) is 31.7 Å². The van der Waals surface area contributed by atoms with E-state index in [2.05, 4.69) is 21.2 Å². The number of anilines is 1. The molecule has 9 nitrogen and oxygen atoms in total. The van der Waals surface area contributed by atoms with Crippen LogP contribution in [0.15, 0.2) is 49.2 Å². The number of hydrogen-bond donors (Lipinski definition) is 1. The molecule has 34 heavy (non-hydrogen) atoms. The number of carbonyl (C=O) groups is 1. The third kappa shape index (κ3) is 3.57. The summed E-state index contributed by atoms with van der Waals surface area (Å²) in [5.74, 6) is 0.122. The molecule has 0 radical (unpaired) electrons. The van der Waals surface area contributed by atoms with Crippen LogP contribution in [0.25, 0.3) is 27.8 Å². The fraction of sp³-hybridized carbons (Fsp3) is 0.320. The monoisotopic (exact) mass is 455 g/mol. The molecule has 9 heteroatoms. The zero-order chi connectivity index (χ0) is 23.9. The number of piperidine rings is 1. The van der Waals surface area contributed by atoms with Crippen molar-refractivity contribution in [1.29, 1.82) is 5.26 Å². The van der Waals surface area contributed by atoms with Crippen molar-refractivity contribution in [2.75, 3.05) is 18.0 Å². The van der Waals surface area contributed by atoms with Crippen molar-refractivity contribution in [3.63, 3.8) is 0 Å². The van der Waals surface area contributed by atoms with Gasteiger partial charge in [0.15, 0.2) is 0 Å². The van der Waals surface area contributed by atoms with Gasteiger partial charge < -0.3 is 10.0 Å². The van der Waals surface area contributed by atoms with Gasteiger partial charge in [-0.15, -0.1) is 0 Å². The molecule has 4 aromatic rings. The van der Waals surface area contributed by atoms with E-state index in [1.165, 1.54) is 0 Å². The Kier molecular flexibility index (Phi) is 5.28. The molecule has 0 unspecified atom stereocenters. The minimum Gasteiger partial charge on any atom is -0.481 e. The summed E-state index contributed by atoms with van der Waals surface area (Å²) in [6.45, 7) is 3.27. The van der Waals surface area contributed by atoms with Gasteiger partial charge in [0.2, 0.25) is 0 Å². The van der Waals surface area contributed by atoms with Gasteiger partial charge in [-0.25, -0.2) is 9.50 Å². The smallest absolute Gasteiger partial charge is 0.309 e. The van der Waals surface area contributed by atoms with Crippen LogP contribution in [-0.2, 0) is 11.8 Å². The van der Waals surface area contributed by atoms with Crippen LogP contribution in [0.2, 0.25) is 0 Å². The quantitative estimate of drug-likeness (QED) is 0.488. The number of aryl methyl sites for hydroxylation is 1. The average molecular weight is 456 g/mol. The summed E-state index contributed by atoms with van der Waals surface area (Å²) < 4.78 is 3.47. The second-order valence-corrected chi connectivity index (χ2v) is 8.84. The zero-order valence-electron chi connectivity index (χ0n) is 19.1. The van der Waals surface area contributed by atoms with E-state index in [1.54, 1.807) is 21.6 Å². The Bertz CT molecular complexity index is 1400. The standard InChI is InChI=1S/C25H25N7O2/c1-3-25(24(33)34)6-8-31(9-7-25)22-5-4-17(12-27-22)21-10-18(20-14-28-30(2)15-20)16-32-23(21)19(11-26)13-29-32/h4-5,10,12-16H,3,6-9H2,1-2H3,(H,33,34). The van der Waals surface area contributed by atoms with Gasteiger partial charge in [0.25, 0.3) is 0 Å². The first-order valence-corrected chi connectivity index (χ1v) is 11.3. The van der Waals surface area contributed by atoms with E-state index in [4.69, 9.17) is 4.98 Å². The zero-order valence-corrected chi connectivity index (χ0v) is 19.1.